The van der Waals surface area contributed by atoms with Crippen molar-refractivity contribution >= 4 is 0 Å². The number of nitrogens with zero attached hydrogens (tertiary/aromatic N) is 1. The molecular formula is C10H22NO2+. The molecule has 0 aromatic carbocycles. The minimum absolute atomic E-state index is 0.644. The second kappa shape index (κ2) is 4.40. The first-order chi connectivity index (χ1) is 6.12. The Hall–Kier alpha value is -0.120. The van der Waals surface area contributed by atoms with Crippen LogP contribution in [-0.4, -0.2) is 58.1 Å². The Morgan fingerprint density at radius 3 is 1.69 bits per heavy atom. The summed E-state index contributed by atoms with van der Waals surface area (Å²) in [5, 5.41) is 0. The van der Waals surface area contributed by atoms with Crippen LogP contribution in [0.1, 0.15) is 12.8 Å². The van der Waals surface area contributed by atoms with E-state index in [1.165, 1.54) is 12.8 Å². The second-order valence-corrected chi connectivity index (χ2v) is 4.42. The molecule has 78 valence electrons. The fourth-order valence-corrected chi connectivity index (χ4v) is 2.28. The lowest BCUT2D eigenvalue weighted by molar-refractivity contribution is -0.925. The van der Waals surface area contributed by atoms with Crippen molar-refractivity contribution < 1.29 is 14.0 Å². The third-order valence-electron chi connectivity index (χ3n) is 3.43. The Balaban J connectivity index is 2.54. The van der Waals surface area contributed by atoms with Crippen LogP contribution in [0.15, 0.2) is 0 Å². The summed E-state index contributed by atoms with van der Waals surface area (Å²) in [5.74, 6) is 0. The SMILES string of the molecule is COC[C@@H]1CC[C@@H](COC)[N+]1(C)C. The molecule has 0 aliphatic carbocycles. The molecule has 1 aliphatic heterocycles. The van der Waals surface area contributed by atoms with Crippen LogP contribution in [0, 0.1) is 0 Å². The lowest BCUT2D eigenvalue weighted by Gasteiger charge is -2.36. The molecule has 1 rings (SSSR count). The maximum Gasteiger partial charge on any atom is 0.113 e. The topological polar surface area (TPSA) is 18.5 Å². The molecule has 0 N–H and O–H groups in total. The molecule has 3 nitrogen and oxygen atoms in total. The van der Waals surface area contributed by atoms with Gasteiger partial charge in [0.2, 0.25) is 0 Å². The number of likely N-dealkylation sites (N-methyl/N-ethyl adjacent to an activating group) is 1. The summed E-state index contributed by atoms with van der Waals surface area (Å²) in [6.07, 6.45) is 2.52. The first-order valence-corrected chi connectivity index (χ1v) is 4.94. The number of hydrogen-bond acceptors (Lipinski definition) is 2. The molecule has 1 fully saturated rings. The molecule has 3 heteroatoms. The zero-order chi connectivity index (χ0) is 9.90. The van der Waals surface area contributed by atoms with Gasteiger partial charge in [0.1, 0.15) is 12.1 Å². The molecule has 0 bridgehead atoms. The first kappa shape index (κ1) is 11.0. The van der Waals surface area contributed by atoms with E-state index in [1.807, 2.05) is 0 Å². The van der Waals surface area contributed by atoms with Crippen molar-refractivity contribution in [1.29, 1.82) is 0 Å². The van der Waals surface area contributed by atoms with E-state index in [4.69, 9.17) is 9.47 Å². The highest BCUT2D eigenvalue weighted by atomic mass is 16.5. The van der Waals surface area contributed by atoms with Crippen LogP contribution < -0.4 is 0 Å². The van der Waals surface area contributed by atoms with E-state index in [-0.39, 0.29) is 0 Å². The number of quaternary nitrogens is 1. The molecule has 1 saturated heterocycles. The standard InChI is InChI=1S/C10H22NO2/c1-11(2)9(7-12-3)5-6-10(11)8-13-4/h9-10H,5-8H2,1-4H3/q+1/t9-,10-/m0/s1. The van der Waals surface area contributed by atoms with E-state index in [1.54, 1.807) is 14.2 Å². The minimum Gasteiger partial charge on any atom is -0.379 e. The predicted octanol–water partition coefficient (Wildman–Crippen LogP) is 0.887. The summed E-state index contributed by atoms with van der Waals surface area (Å²) in [6.45, 7) is 1.74. The fourth-order valence-electron chi connectivity index (χ4n) is 2.28. The van der Waals surface area contributed by atoms with Gasteiger partial charge in [0, 0.05) is 27.1 Å². The van der Waals surface area contributed by atoms with Gasteiger partial charge in [-0.05, 0) is 0 Å². The van der Waals surface area contributed by atoms with Crippen molar-refractivity contribution in [2.75, 3.05) is 41.5 Å². The van der Waals surface area contributed by atoms with Crippen LogP contribution >= 0.6 is 0 Å². The Kier molecular flexibility index (Phi) is 3.71. The second-order valence-electron chi connectivity index (χ2n) is 4.42. The lowest BCUT2D eigenvalue weighted by Crippen LogP contribution is -2.53. The van der Waals surface area contributed by atoms with Crippen molar-refractivity contribution in [3.63, 3.8) is 0 Å². The van der Waals surface area contributed by atoms with Gasteiger partial charge in [-0.15, -0.1) is 0 Å². The number of likely N-dealkylation sites (tertiary alicyclic amines) is 1. The minimum atomic E-state index is 0.644. The molecule has 13 heavy (non-hydrogen) atoms. The summed E-state index contributed by atoms with van der Waals surface area (Å²) in [6, 6.07) is 1.29. The molecule has 1 heterocycles. The van der Waals surface area contributed by atoms with Gasteiger partial charge in [0.05, 0.1) is 27.3 Å². The van der Waals surface area contributed by atoms with E-state index in [0.29, 0.717) is 12.1 Å². The van der Waals surface area contributed by atoms with Gasteiger partial charge >= 0.3 is 0 Å². The predicted molar refractivity (Wildman–Crippen MR) is 52.7 cm³/mol. The van der Waals surface area contributed by atoms with Crippen LogP contribution in [0.3, 0.4) is 0 Å². The molecule has 0 aromatic heterocycles. The highest BCUT2D eigenvalue weighted by molar-refractivity contribution is 4.73. The third-order valence-corrected chi connectivity index (χ3v) is 3.43. The third kappa shape index (κ3) is 2.22. The molecule has 0 radical (unpaired) electrons. The van der Waals surface area contributed by atoms with Gasteiger partial charge in [-0.1, -0.05) is 0 Å². The van der Waals surface area contributed by atoms with E-state index < -0.39 is 0 Å². The monoisotopic (exact) mass is 188 g/mol. The van der Waals surface area contributed by atoms with Gasteiger partial charge in [0.15, 0.2) is 0 Å². The highest BCUT2D eigenvalue weighted by Crippen LogP contribution is 2.29. The smallest absolute Gasteiger partial charge is 0.113 e. The maximum absolute atomic E-state index is 5.23. The summed E-state index contributed by atoms with van der Waals surface area (Å²) in [7, 11) is 8.12. The highest BCUT2D eigenvalue weighted by Gasteiger charge is 2.42. The van der Waals surface area contributed by atoms with Crippen LogP contribution in [0.5, 0.6) is 0 Å². The number of hydrogen-bond donors (Lipinski definition) is 0. The summed E-state index contributed by atoms with van der Waals surface area (Å²) < 4.78 is 11.5. The summed E-state index contributed by atoms with van der Waals surface area (Å²) in [5.41, 5.74) is 0. The molecule has 0 amide bonds. The van der Waals surface area contributed by atoms with Gasteiger partial charge in [-0.3, -0.25) is 0 Å². The van der Waals surface area contributed by atoms with Crippen LogP contribution in [-0.2, 0) is 9.47 Å². The van der Waals surface area contributed by atoms with Crippen molar-refractivity contribution in [3.8, 4) is 0 Å². The van der Waals surface area contributed by atoms with Gasteiger partial charge in [-0.2, -0.15) is 0 Å². The zero-order valence-corrected chi connectivity index (χ0v) is 9.25. The average Bonchev–Trinajstić information content (AvgIpc) is 2.33. The van der Waals surface area contributed by atoms with E-state index in [9.17, 15) is 0 Å². The molecule has 2 atom stereocenters. The van der Waals surface area contributed by atoms with Crippen LogP contribution in [0.2, 0.25) is 0 Å². The zero-order valence-electron chi connectivity index (χ0n) is 9.25. The fraction of sp³-hybridized carbons (Fsp3) is 1.00. The Morgan fingerprint density at radius 1 is 1.00 bits per heavy atom. The van der Waals surface area contributed by atoms with E-state index in [0.717, 1.165) is 17.7 Å². The van der Waals surface area contributed by atoms with Crippen molar-refractivity contribution in [3.05, 3.63) is 0 Å². The maximum atomic E-state index is 5.23. The average molecular weight is 188 g/mol. The quantitative estimate of drug-likeness (QED) is 0.610. The molecule has 0 aromatic rings. The Labute approximate surface area is 81.2 Å². The molecule has 1 aliphatic rings. The van der Waals surface area contributed by atoms with Crippen LogP contribution in [0.4, 0.5) is 0 Å². The normalized spacial score (nSPS) is 32.3. The van der Waals surface area contributed by atoms with Gasteiger partial charge in [0.25, 0.3) is 0 Å². The van der Waals surface area contributed by atoms with Gasteiger partial charge < -0.3 is 14.0 Å². The van der Waals surface area contributed by atoms with Crippen molar-refractivity contribution in [2.24, 2.45) is 0 Å². The number of methoxy groups -OCH3 is 2. The molecule has 0 unspecified atom stereocenters. The first-order valence-electron chi connectivity index (χ1n) is 4.94. The Morgan fingerprint density at radius 2 is 1.38 bits per heavy atom. The number of ether oxygens (including phenoxy) is 2. The van der Waals surface area contributed by atoms with E-state index >= 15 is 0 Å². The molecular weight excluding hydrogens is 166 g/mol. The Bertz CT molecular complexity index is 143. The largest absolute Gasteiger partial charge is 0.379 e. The molecule has 0 saturated carbocycles. The molecule has 0 spiro atoms. The number of rotatable bonds is 4. The lowest BCUT2D eigenvalue weighted by atomic mass is 10.2. The van der Waals surface area contributed by atoms with Crippen LogP contribution in [0.25, 0.3) is 0 Å². The van der Waals surface area contributed by atoms with Crippen molar-refractivity contribution in [1.82, 2.24) is 0 Å². The van der Waals surface area contributed by atoms with Gasteiger partial charge in [-0.25, -0.2) is 0 Å². The summed E-state index contributed by atoms with van der Waals surface area (Å²) >= 11 is 0. The van der Waals surface area contributed by atoms with Crippen molar-refractivity contribution in [2.45, 2.75) is 24.9 Å². The summed E-state index contributed by atoms with van der Waals surface area (Å²) in [4.78, 5) is 0. The van der Waals surface area contributed by atoms with E-state index in [2.05, 4.69) is 14.1 Å².